The molecule has 3 heterocycles. The zero-order valence-corrected chi connectivity index (χ0v) is 21.5. The lowest BCUT2D eigenvalue weighted by Crippen LogP contribution is -2.47. The summed E-state index contributed by atoms with van der Waals surface area (Å²) in [6, 6.07) is 8.19. The van der Waals surface area contributed by atoms with Crippen LogP contribution in [0, 0.1) is 5.82 Å². The quantitative estimate of drug-likeness (QED) is 0.588. The summed E-state index contributed by atoms with van der Waals surface area (Å²) >= 11 is 0. The molecule has 0 aliphatic carbocycles. The number of hydrogen-bond acceptors (Lipinski definition) is 8. The Hall–Kier alpha value is -3.89. The average molecular weight is 514 g/mol. The molecule has 2 saturated heterocycles. The number of esters is 1. The molecular weight excluding hydrogens is 481 g/mol. The molecule has 2 aromatic rings. The molecule has 2 aliphatic heterocycles. The average Bonchev–Trinajstić information content (AvgIpc) is 3.22. The molecule has 0 bridgehead atoms. The molecule has 37 heavy (non-hydrogen) atoms. The van der Waals surface area contributed by atoms with E-state index in [1.807, 2.05) is 25.7 Å². The molecule has 198 valence electrons. The number of hydrogen-bond donors (Lipinski definition) is 1. The van der Waals surface area contributed by atoms with Crippen molar-refractivity contribution in [1.29, 1.82) is 0 Å². The maximum Gasteiger partial charge on any atom is 0.414 e. The highest BCUT2D eigenvalue weighted by Gasteiger charge is 2.33. The summed E-state index contributed by atoms with van der Waals surface area (Å²) in [5.74, 6) is -0.313. The summed E-state index contributed by atoms with van der Waals surface area (Å²) in [6.07, 6.45) is 0.457. The third-order valence-electron chi connectivity index (χ3n) is 6.02. The Labute approximate surface area is 215 Å². The Morgan fingerprint density at radius 3 is 2.43 bits per heavy atom. The van der Waals surface area contributed by atoms with E-state index in [0.717, 1.165) is 5.82 Å². The molecule has 0 spiro atoms. The number of carbonyl (C=O) groups is 3. The van der Waals surface area contributed by atoms with E-state index < -0.39 is 29.6 Å². The normalized spacial score (nSPS) is 18.0. The van der Waals surface area contributed by atoms with Gasteiger partial charge in [-0.3, -0.25) is 9.69 Å². The van der Waals surface area contributed by atoms with Crippen molar-refractivity contribution >= 4 is 35.2 Å². The van der Waals surface area contributed by atoms with Gasteiger partial charge >= 0.3 is 12.1 Å². The predicted octanol–water partition coefficient (Wildman–Crippen LogP) is 2.96. The first-order valence-electron chi connectivity index (χ1n) is 12.2. The first-order valence-corrected chi connectivity index (χ1v) is 12.2. The van der Waals surface area contributed by atoms with E-state index in [9.17, 15) is 14.4 Å². The lowest BCUT2D eigenvalue weighted by molar-refractivity contribution is -0.119. The molecule has 0 radical (unpaired) electrons. The standard InChI is InChI=1S/C26H32FN5O5/c1-17(33)28-15-20-16-32(25(35)36-20)19-6-7-22(21(27)13-19)30-9-11-31(12-10-30)23-8-5-18(14-29-23)24(34)37-26(2,3)4/h5-8,13-14,20H,9-12,15-16H2,1-4H3,(H,28,33)/t20-/m0/s1. The predicted molar refractivity (Wildman–Crippen MR) is 137 cm³/mol. The monoisotopic (exact) mass is 513 g/mol. The Bertz CT molecular complexity index is 1160. The highest BCUT2D eigenvalue weighted by molar-refractivity contribution is 5.90. The number of carbonyl (C=O) groups excluding carboxylic acids is 3. The Kier molecular flexibility index (Phi) is 7.51. The third kappa shape index (κ3) is 6.46. The van der Waals surface area contributed by atoms with Crippen molar-refractivity contribution in [3.63, 3.8) is 0 Å². The van der Waals surface area contributed by atoms with Gasteiger partial charge in [-0.1, -0.05) is 0 Å². The number of halogens is 1. The first kappa shape index (κ1) is 26.2. The molecule has 0 unspecified atom stereocenters. The molecular formula is C26H32FN5O5. The number of nitrogens with zero attached hydrogens (tertiary/aromatic N) is 4. The summed E-state index contributed by atoms with van der Waals surface area (Å²) in [5.41, 5.74) is 0.680. The van der Waals surface area contributed by atoms with Crippen LogP contribution in [-0.4, -0.2) is 73.9 Å². The van der Waals surface area contributed by atoms with Gasteiger partial charge in [0.15, 0.2) is 0 Å². The highest BCUT2D eigenvalue weighted by atomic mass is 19.1. The number of pyridine rings is 1. The first-order chi connectivity index (χ1) is 17.5. The van der Waals surface area contributed by atoms with Crippen LogP contribution in [0.1, 0.15) is 38.1 Å². The minimum atomic E-state index is -0.576. The lowest BCUT2D eigenvalue weighted by atomic mass is 10.2. The fraction of sp³-hybridized carbons (Fsp3) is 0.462. The molecule has 1 aromatic carbocycles. The summed E-state index contributed by atoms with van der Waals surface area (Å²) in [6.45, 7) is 9.69. The Morgan fingerprint density at radius 2 is 1.84 bits per heavy atom. The van der Waals surface area contributed by atoms with Gasteiger partial charge in [-0.15, -0.1) is 0 Å². The second kappa shape index (κ2) is 10.6. The van der Waals surface area contributed by atoms with Crippen LogP contribution in [-0.2, 0) is 14.3 Å². The zero-order valence-electron chi connectivity index (χ0n) is 21.5. The fourth-order valence-corrected chi connectivity index (χ4v) is 4.22. The van der Waals surface area contributed by atoms with Crippen molar-refractivity contribution in [2.75, 3.05) is 54.0 Å². The lowest BCUT2D eigenvalue weighted by Gasteiger charge is -2.37. The van der Waals surface area contributed by atoms with Crippen molar-refractivity contribution in [2.45, 2.75) is 39.4 Å². The molecule has 4 rings (SSSR count). The molecule has 1 aromatic heterocycles. The van der Waals surface area contributed by atoms with Gasteiger partial charge in [0.25, 0.3) is 0 Å². The number of nitrogens with one attached hydrogen (secondary N) is 1. The van der Waals surface area contributed by atoms with Crippen molar-refractivity contribution in [1.82, 2.24) is 10.3 Å². The maximum absolute atomic E-state index is 15.1. The topological polar surface area (TPSA) is 104 Å². The molecule has 10 nitrogen and oxygen atoms in total. The second-order valence-corrected chi connectivity index (χ2v) is 10.1. The van der Waals surface area contributed by atoms with Gasteiger partial charge in [0, 0.05) is 39.3 Å². The van der Waals surface area contributed by atoms with Crippen LogP contribution in [0.25, 0.3) is 0 Å². The van der Waals surface area contributed by atoms with Crippen LogP contribution in [0.15, 0.2) is 36.5 Å². The summed E-state index contributed by atoms with van der Waals surface area (Å²) in [7, 11) is 0. The molecule has 2 fully saturated rings. The molecule has 1 N–H and O–H groups in total. The van der Waals surface area contributed by atoms with Gasteiger partial charge in [-0.05, 0) is 51.1 Å². The molecule has 1 atom stereocenters. The van der Waals surface area contributed by atoms with Crippen LogP contribution in [0.5, 0.6) is 0 Å². The van der Waals surface area contributed by atoms with Crippen molar-refractivity contribution in [3.05, 3.63) is 47.9 Å². The summed E-state index contributed by atoms with van der Waals surface area (Å²) in [5, 5.41) is 2.62. The third-order valence-corrected chi connectivity index (χ3v) is 6.02. The molecule has 11 heteroatoms. The number of amides is 2. The molecule has 2 amide bonds. The number of anilines is 3. The van der Waals surface area contributed by atoms with Crippen LogP contribution in [0.4, 0.5) is 26.4 Å². The van der Waals surface area contributed by atoms with Gasteiger partial charge in [-0.25, -0.2) is 19.0 Å². The van der Waals surface area contributed by atoms with E-state index in [0.29, 0.717) is 43.1 Å². The minimum absolute atomic E-state index is 0.209. The van der Waals surface area contributed by atoms with Crippen molar-refractivity contribution in [3.8, 4) is 0 Å². The van der Waals surface area contributed by atoms with Gasteiger partial charge < -0.3 is 24.6 Å². The molecule has 2 aliphatic rings. The number of ether oxygens (including phenoxy) is 2. The number of aromatic nitrogens is 1. The fourth-order valence-electron chi connectivity index (χ4n) is 4.22. The Morgan fingerprint density at radius 1 is 1.14 bits per heavy atom. The van der Waals surface area contributed by atoms with Gasteiger partial charge in [0.1, 0.15) is 23.3 Å². The highest BCUT2D eigenvalue weighted by Crippen LogP contribution is 2.29. The van der Waals surface area contributed by atoms with Crippen LogP contribution in [0.3, 0.4) is 0 Å². The van der Waals surface area contributed by atoms with Crippen LogP contribution in [0.2, 0.25) is 0 Å². The largest absolute Gasteiger partial charge is 0.456 e. The summed E-state index contributed by atoms with van der Waals surface area (Å²) < 4.78 is 25.7. The van der Waals surface area contributed by atoms with E-state index in [2.05, 4.69) is 15.2 Å². The van der Waals surface area contributed by atoms with E-state index in [4.69, 9.17) is 9.47 Å². The van der Waals surface area contributed by atoms with Gasteiger partial charge in [-0.2, -0.15) is 0 Å². The van der Waals surface area contributed by atoms with Crippen molar-refractivity contribution < 1.29 is 28.2 Å². The molecule has 0 saturated carbocycles. The van der Waals surface area contributed by atoms with Gasteiger partial charge in [0.05, 0.1) is 30.0 Å². The van der Waals surface area contributed by atoms with E-state index >= 15 is 4.39 Å². The number of piperazine rings is 1. The maximum atomic E-state index is 15.1. The Balaban J connectivity index is 1.34. The smallest absolute Gasteiger partial charge is 0.414 e. The van der Waals surface area contributed by atoms with Crippen molar-refractivity contribution in [2.24, 2.45) is 0 Å². The van der Waals surface area contributed by atoms with Crippen LogP contribution >= 0.6 is 0 Å². The van der Waals surface area contributed by atoms with Gasteiger partial charge in [0.2, 0.25) is 5.91 Å². The number of rotatable bonds is 6. The number of cyclic esters (lactones) is 1. The summed E-state index contributed by atoms with van der Waals surface area (Å²) in [4.78, 5) is 45.4. The van der Waals surface area contributed by atoms with Crippen LogP contribution < -0.4 is 20.0 Å². The SMILES string of the molecule is CC(=O)NC[C@H]1CN(c2ccc(N3CCN(c4ccc(C(=O)OC(C)(C)C)cn4)CC3)c(F)c2)C(=O)O1. The van der Waals surface area contributed by atoms with E-state index in [1.165, 1.54) is 24.1 Å². The number of benzene rings is 1. The minimum Gasteiger partial charge on any atom is -0.456 e. The van der Waals surface area contributed by atoms with E-state index in [1.54, 1.807) is 24.3 Å². The zero-order chi connectivity index (χ0) is 26.7. The van der Waals surface area contributed by atoms with E-state index in [-0.39, 0.29) is 19.0 Å². The second-order valence-electron chi connectivity index (χ2n) is 10.1.